The number of hydrogen-bond donors (Lipinski definition) is 1. The van der Waals surface area contributed by atoms with Crippen molar-refractivity contribution in [3.8, 4) is 17.2 Å². The molecule has 2 aromatic rings. The summed E-state index contributed by atoms with van der Waals surface area (Å²) in [4.78, 5) is 4.43. The molecule has 88 valence electrons. The molecule has 1 aliphatic rings. The van der Waals surface area contributed by atoms with Gasteiger partial charge in [-0.15, -0.1) is 0 Å². The van der Waals surface area contributed by atoms with Gasteiger partial charge in [0.25, 0.3) is 5.89 Å². The van der Waals surface area contributed by atoms with E-state index in [1.54, 1.807) is 12.1 Å². The quantitative estimate of drug-likeness (QED) is 0.861. The summed E-state index contributed by atoms with van der Waals surface area (Å²) in [5.41, 5.74) is 1.83. The molecular formula is C13H14N2O2. The van der Waals surface area contributed by atoms with Crippen LogP contribution in [-0.2, 0) is 0 Å². The van der Waals surface area contributed by atoms with Crippen LogP contribution in [0.15, 0.2) is 22.7 Å². The van der Waals surface area contributed by atoms with Crippen LogP contribution >= 0.6 is 0 Å². The Morgan fingerprint density at radius 1 is 1.35 bits per heavy atom. The van der Waals surface area contributed by atoms with Crippen LogP contribution in [0.2, 0.25) is 0 Å². The summed E-state index contributed by atoms with van der Waals surface area (Å²) >= 11 is 0. The van der Waals surface area contributed by atoms with Crippen LogP contribution in [-0.4, -0.2) is 15.2 Å². The molecule has 0 aliphatic heterocycles. The Balaban J connectivity index is 1.94. The van der Waals surface area contributed by atoms with Gasteiger partial charge in [0.15, 0.2) is 5.82 Å². The van der Waals surface area contributed by atoms with E-state index in [0.717, 1.165) is 29.8 Å². The van der Waals surface area contributed by atoms with Crippen LogP contribution in [0, 0.1) is 6.92 Å². The molecule has 3 rings (SSSR count). The van der Waals surface area contributed by atoms with Gasteiger partial charge in [0, 0.05) is 11.5 Å². The fourth-order valence-electron chi connectivity index (χ4n) is 2.06. The Labute approximate surface area is 99.3 Å². The molecule has 0 unspecified atom stereocenters. The summed E-state index contributed by atoms with van der Waals surface area (Å²) < 4.78 is 5.29. The van der Waals surface area contributed by atoms with Gasteiger partial charge in [-0.05, 0) is 43.5 Å². The first-order valence-electron chi connectivity index (χ1n) is 5.87. The predicted molar refractivity (Wildman–Crippen MR) is 62.7 cm³/mol. The molecule has 1 aromatic heterocycles. The summed E-state index contributed by atoms with van der Waals surface area (Å²) in [5, 5.41) is 13.4. The van der Waals surface area contributed by atoms with E-state index in [-0.39, 0.29) is 5.75 Å². The van der Waals surface area contributed by atoms with Crippen molar-refractivity contribution in [2.75, 3.05) is 0 Å². The molecule has 1 heterocycles. The Kier molecular flexibility index (Phi) is 2.35. The van der Waals surface area contributed by atoms with Crippen molar-refractivity contribution in [3.63, 3.8) is 0 Å². The van der Waals surface area contributed by atoms with E-state index in [4.69, 9.17) is 4.52 Å². The first-order valence-corrected chi connectivity index (χ1v) is 5.87. The van der Waals surface area contributed by atoms with Gasteiger partial charge in [0.2, 0.25) is 0 Å². The SMILES string of the molecule is Cc1cc(O)ccc1-c1nc(C2CCC2)no1. The number of hydrogen-bond acceptors (Lipinski definition) is 4. The van der Waals surface area contributed by atoms with Crippen LogP contribution in [0.4, 0.5) is 0 Å². The lowest BCUT2D eigenvalue weighted by Crippen LogP contribution is -2.10. The molecule has 1 aromatic carbocycles. The van der Waals surface area contributed by atoms with Crippen LogP contribution in [0.25, 0.3) is 11.5 Å². The highest BCUT2D eigenvalue weighted by Crippen LogP contribution is 2.35. The molecule has 0 spiro atoms. The van der Waals surface area contributed by atoms with Crippen molar-refractivity contribution >= 4 is 0 Å². The van der Waals surface area contributed by atoms with Crippen molar-refractivity contribution < 1.29 is 9.63 Å². The van der Waals surface area contributed by atoms with Crippen molar-refractivity contribution in [1.82, 2.24) is 10.1 Å². The molecular weight excluding hydrogens is 216 g/mol. The molecule has 0 radical (unpaired) electrons. The Morgan fingerprint density at radius 2 is 2.18 bits per heavy atom. The highest BCUT2D eigenvalue weighted by Gasteiger charge is 2.25. The number of rotatable bonds is 2. The van der Waals surface area contributed by atoms with Crippen molar-refractivity contribution in [2.45, 2.75) is 32.1 Å². The summed E-state index contributed by atoms with van der Waals surface area (Å²) in [6, 6.07) is 5.14. The number of phenols is 1. The van der Waals surface area contributed by atoms with Gasteiger partial charge in [-0.2, -0.15) is 4.98 Å². The molecule has 0 saturated heterocycles. The maximum Gasteiger partial charge on any atom is 0.258 e. The molecule has 1 fully saturated rings. The molecule has 1 aliphatic carbocycles. The summed E-state index contributed by atoms with van der Waals surface area (Å²) in [6.45, 7) is 1.92. The van der Waals surface area contributed by atoms with Crippen LogP contribution in [0.1, 0.15) is 36.6 Å². The topological polar surface area (TPSA) is 59.2 Å². The predicted octanol–water partition coefficient (Wildman–Crippen LogP) is 3.02. The number of aromatic nitrogens is 2. The van der Waals surface area contributed by atoms with E-state index in [2.05, 4.69) is 10.1 Å². The standard InChI is InChI=1S/C13H14N2O2/c1-8-7-10(16)5-6-11(8)13-14-12(15-17-13)9-3-2-4-9/h5-7,9,16H,2-4H2,1H3. The average molecular weight is 230 g/mol. The van der Waals surface area contributed by atoms with E-state index >= 15 is 0 Å². The molecule has 1 saturated carbocycles. The highest BCUT2D eigenvalue weighted by atomic mass is 16.5. The van der Waals surface area contributed by atoms with Crippen molar-refractivity contribution in [2.24, 2.45) is 0 Å². The molecule has 0 amide bonds. The second-order valence-corrected chi connectivity index (χ2v) is 4.58. The summed E-state index contributed by atoms with van der Waals surface area (Å²) in [7, 11) is 0. The molecule has 1 N–H and O–H groups in total. The van der Waals surface area contributed by atoms with Gasteiger partial charge < -0.3 is 9.63 Å². The molecule has 17 heavy (non-hydrogen) atoms. The van der Waals surface area contributed by atoms with Crippen molar-refractivity contribution in [3.05, 3.63) is 29.6 Å². The summed E-state index contributed by atoms with van der Waals surface area (Å²) in [6.07, 6.45) is 3.58. The van der Waals surface area contributed by atoms with Crippen LogP contribution in [0.3, 0.4) is 0 Å². The first-order chi connectivity index (χ1) is 8.24. The first kappa shape index (κ1) is 10.3. The van der Waals surface area contributed by atoms with Gasteiger partial charge in [0.05, 0.1) is 0 Å². The Hall–Kier alpha value is -1.84. The smallest absolute Gasteiger partial charge is 0.258 e. The van der Waals surface area contributed by atoms with Gasteiger partial charge in [-0.25, -0.2) is 0 Å². The van der Waals surface area contributed by atoms with E-state index in [1.165, 1.54) is 6.42 Å². The fraction of sp³-hybridized carbons (Fsp3) is 0.385. The normalized spacial score (nSPS) is 15.8. The van der Waals surface area contributed by atoms with E-state index < -0.39 is 0 Å². The van der Waals surface area contributed by atoms with Gasteiger partial charge in [-0.1, -0.05) is 11.6 Å². The zero-order valence-corrected chi connectivity index (χ0v) is 9.68. The number of nitrogens with zero attached hydrogens (tertiary/aromatic N) is 2. The third kappa shape index (κ3) is 1.79. The maximum atomic E-state index is 9.36. The number of aromatic hydroxyl groups is 1. The minimum atomic E-state index is 0.255. The largest absolute Gasteiger partial charge is 0.508 e. The Morgan fingerprint density at radius 3 is 2.82 bits per heavy atom. The fourth-order valence-corrected chi connectivity index (χ4v) is 2.06. The lowest BCUT2D eigenvalue weighted by molar-refractivity contribution is 0.366. The second kappa shape index (κ2) is 3.87. The average Bonchev–Trinajstić information content (AvgIpc) is 2.64. The zero-order valence-electron chi connectivity index (χ0n) is 9.68. The van der Waals surface area contributed by atoms with Gasteiger partial charge in [0.1, 0.15) is 5.75 Å². The van der Waals surface area contributed by atoms with Gasteiger partial charge in [-0.3, -0.25) is 0 Å². The third-order valence-electron chi connectivity index (χ3n) is 3.35. The zero-order chi connectivity index (χ0) is 11.8. The minimum Gasteiger partial charge on any atom is -0.508 e. The number of aryl methyl sites for hydroxylation is 1. The van der Waals surface area contributed by atoms with Crippen molar-refractivity contribution in [1.29, 1.82) is 0 Å². The molecule has 4 nitrogen and oxygen atoms in total. The third-order valence-corrected chi connectivity index (χ3v) is 3.35. The number of benzene rings is 1. The lowest BCUT2D eigenvalue weighted by Gasteiger charge is -2.20. The maximum absolute atomic E-state index is 9.36. The molecule has 0 bridgehead atoms. The molecule has 0 atom stereocenters. The van der Waals surface area contributed by atoms with E-state index in [9.17, 15) is 5.11 Å². The Bertz CT molecular complexity index is 544. The number of phenolic OH excluding ortho intramolecular Hbond substituents is 1. The second-order valence-electron chi connectivity index (χ2n) is 4.58. The van der Waals surface area contributed by atoms with E-state index in [1.807, 2.05) is 13.0 Å². The van der Waals surface area contributed by atoms with Crippen LogP contribution < -0.4 is 0 Å². The lowest BCUT2D eigenvalue weighted by atomic mass is 9.85. The monoisotopic (exact) mass is 230 g/mol. The molecule has 4 heteroatoms. The van der Waals surface area contributed by atoms with Crippen LogP contribution in [0.5, 0.6) is 5.75 Å². The van der Waals surface area contributed by atoms with Gasteiger partial charge >= 0.3 is 0 Å². The minimum absolute atomic E-state index is 0.255. The van der Waals surface area contributed by atoms with E-state index in [0.29, 0.717) is 11.8 Å². The summed E-state index contributed by atoms with van der Waals surface area (Å²) in [5.74, 6) is 2.10. The highest BCUT2D eigenvalue weighted by molar-refractivity contribution is 5.59.